The first kappa shape index (κ1) is 16.4. The van der Waals surface area contributed by atoms with Gasteiger partial charge in [0.1, 0.15) is 5.75 Å². The maximum Gasteiger partial charge on any atom is 0.269 e. The lowest BCUT2D eigenvalue weighted by Crippen LogP contribution is -2.40. The molecule has 1 heterocycles. The maximum absolute atomic E-state index is 12.1. The fraction of sp³-hybridized carbons (Fsp3) is 0.176. The van der Waals surface area contributed by atoms with Crippen molar-refractivity contribution in [3.8, 4) is 5.75 Å². The van der Waals surface area contributed by atoms with Crippen LogP contribution in [-0.4, -0.2) is 29.9 Å². The van der Waals surface area contributed by atoms with Crippen LogP contribution in [0.2, 0.25) is 0 Å². The third-order valence-corrected chi connectivity index (χ3v) is 3.73. The number of nitro benzene ring substituents is 1. The number of amides is 2. The SMILES string of the molecule is O=C(CCN1C(=O)COc2ccccc21)Nc1ccc([N+](=O)[O-])cc1. The maximum atomic E-state index is 12.1. The molecule has 0 atom stereocenters. The van der Waals surface area contributed by atoms with E-state index in [0.29, 0.717) is 17.1 Å². The minimum Gasteiger partial charge on any atom is -0.482 e. The number of fused-ring (bicyclic) bond motifs is 1. The first-order valence-corrected chi connectivity index (χ1v) is 7.61. The molecule has 0 bridgehead atoms. The van der Waals surface area contributed by atoms with E-state index in [0.717, 1.165) is 0 Å². The Bertz CT molecular complexity index is 819. The standard InChI is InChI=1S/C17H15N3O5/c21-16(18-12-5-7-13(8-6-12)20(23)24)9-10-19-14-3-1-2-4-15(14)25-11-17(19)22/h1-8H,9-11H2,(H,18,21). The third-order valence-electron chi connectivity index (χ3n) is 3.73. The lowest BCUT2D eigenvalue weighted by atomic mass is 10.2. The van der Waals surface area contributed by atoms with Crippen LogP contribution < -0.4 is 15.0 Å². The number of hydrogen-bond donors (Lipinski definition) is 1. The zero-order valence-corrected chi connectivity index (χ0v) is 13.2. The summed E-state index contributed by atoms with van der Waals surface area (Å²) in [7, 11) is 0. The van der Waals surface area contributed by atoms with Gasteiger partial charge in [0.25, 0.3) is 11.6 Å². The van der Waals surface area contributed by atoms with Crippen LogP contribution in [0.4, 0.5) is 17.1 Å². The van der Waals surface area contributed by atoms with Gasteiger partial charge in [0.05, 0.1) is 10.6 Å². The van der Waals surface area contributed by atoms with Gasteiger partial charge >= 0.3 is 0 Å². The number of carbonyl (C=O) groups excluding carboxylic acids is 2. The number of non-ortho nitro benzene ring substituents is 1. The van der Waals surface area contributed by atoms with Crippen molar-refractivity contribution in [1.82, 2.24) is 0 Å². The molecule has 128 valence electrons. The lowest BCUT2D eigenvalue weighted by Gasteiger charge is -2.29. The zero-order valence-electron chi connectivity index (χ0n) is 13.2. The van der Waals surface area contributed by atoms with E-state index in [2.05, 4.69) is 5.32 Å². The molecule has 0 saturated carbocycles. The quantitative estimate of drug-likeness (QED) is 0.664. The molecule has 25 heavy (non-hydrogen) atoms. The normalized spacial score (nSPS) is 13.0. The van der Waals surface area contributed by atoms with Crippen LogP contribution >= 0.6 is 0 Å². The van der Waals surface area contributed by atoms with Crippen molar-refractivity contribution in [2.45, 2.75) is 6.42 Å². The number of rotatable bonds is 5. The van der Waals surface area contributed by atoms with Gasteiger partial charge in [0.2, 0.25) is 5.91 Å². The first-order valence-electron chi connectivity index (χ1n) is 7.61. The van der Waals surface area contributed by atoms with E-state index in [1.807, 2.05) is 6.07 Å². The molecule has 0 saturated heterocycles. The topological polar surface area (TPSA) is 102 Å². The number of hydrogen-bond acceptors (Lipinski definition) is 5. The summed E-state index contributed by atoms with van der Waals surface area (Å²) in [4.78, 5) is 35.7. The van der Waals surface area contributed by atoms with Gasteiger partial charge in [0.15, 0.2) is 6.61 Å². The summed E-state index contributed by atoms with van der Waals surface area (Å²) in [5, 5.41) is 13.3. The highest BCUT2D eigenvalue weighted by Gasteiger charge is 2.25. The molecule has 0 aliphatic carbocycles. The summed E-state index contributed by atoms with van der Waals surface area (Å²) in [6.45, 7) is 0.166. The number of anilines is 2. The average molecular weight is 341 g/mol. The highest BCUT2D eigenvalue weighted by Crippen LogP contribution is 2.31. The molecule has 2 aromatic carbocycles. The van der Waals surface area contributed by atoms with Crippen molar-refractivity contribution in [1.29, 1.82) is 0 Å². The van der Waals surface area contributed by atoms with Crippen LogP contribution in [0.3, 0.4) is 0 Å². The second kappa shape index (κ2) is 7.00. The Labute approximate surface area is 143 Å². The Kier molecular flexibility index (Phi) is 4.60. The van der Waals surface area contributed by atoms with Gasteiger partial charge in [-0.2, -0.15) is 0 Å². The summed E-state index contributed by atoms with van der Waals surface area (Å²) in [6, 6.07) is 12.7. The van der Waals surface area contributed by atoms with Gasteiger partial charge < -0.3 is 15.0 Å². The molecule has 0 aromatic heterocycles. The molecule has 2 amide bonds. The van der Waals surface area contributed by atoms with Crippen molar-refractivity contribution in [2.75, 3.05) is 23.4 Å². The molecule has 0 radical (unpaired) electrons. The molecule has 0 spiro atoms. The monoisotopic (exact) mass is 341 g/mol. The summed E-state index contributed by atoms with van der Waals surface area (Å²) >= 11 is 0. The van der Waals surface area contributed by atoms with Gasteiger partial charge in [0, 0.05) is 30.8 Å². The van der Waals surface area contributed by atoms with E-state index in [9.17, 15) is 19.7 Å². The van der Waals surface area contributed by atoms with Gasteiger partial charge in [-0.1, -0.05) is 12.1 Å². The molecule has 1 aliphatic rings. The van der Waals surface area contributed by atoms with Crippen molar-refractivity contribution in [3.05, 3.63) is 58.6 Å². The van der Waals surface area contributed by atoms with Gasteiger partial charge in [-0.05, 0) is 24.3 Å². The molecule has 2 aromatic rings. The van der Waals surface area contributed by atoms with Gasteiger partial charge in [-0.3, -0.25) is 19.7 Å². The van der Waals surface area contributed by atoms with Crippen LogP contribution in [0.5, 0.6) is 5.75 Å². The van der Waals surface area contributed by atoms with E-state index in [1.165, 1.54) is 29.2 Å². The van der Waals surface area contributed by atoms with Crippen LogP contribution in [0.25, 0.3) is 0 Å². The Morgan fingerprint density at radius 3 is 2.64 bits per heavy atom. The number of nitrogens with one attached hydrogen (secondary N) is 1. The summed E-state index contributed by atoms with van der Waals surface area (Å²) in [5.74, 6) is 0.116. The highest BCUT2D eigenvalue weighted by atomic mass is 16.6. The number of benzene rings is 2. The largest absolute Gasteiger partial charge is 0.482 e. The lowest BCUT2D eigenvalue weighted by molar-refractivity contribution is -0.384. The average Bonchev–Trinajstić information content (AvgIpc) is 2.61. The summed E-state index contributed by atoms with van der Waals surface area (Å²) in [5.41, 5.74) is 1.06. The zero-order chi connectivity index (χ0) is 17.8. The first-order chi connectivity index (χ1) is 12.0. The van der Waals surface area contributed by atoms with Crippen LogP contribution in [0, 0.1) is 10.1 Å². The number of carbonyl (C=O) groups is 2. The Hall–Kier alpha value is -3.42. The Morgan fingerprint density at radius 2 is 1.92 bits per heavy atom. The van der Waals surface area contributed by atoms with E-state index >= 15 is 0 Å². The second-order valence-corrected chi connectivity index (χ2v) is 5.40. The number of ether oxygens (including phenoxy) is 1. The van der Waals surface area contributed by atoms with E-state index in [1.54, 1.807) is 18.2 Å². The van der Waals surface area contributed by atoms with E-state index in [-0.39, 0.29) is 37.1 Å². The summed E-state index contributed by atoms with van der Waals surface area (Å²) in [6.07, 6.45) is 0.0943. The number of para-hydroxylation sites is 2. The summed E-state index contributed by atoms with van der Waals surface area (Å²) < 4.78 is 5.35. The molecular formula is C17H15N3O5. The Morgan fingerprint density at radius 1 is 1.20 bits per heavy atom. The van der Waals surface area contributed by atoms with Crippen LogP contribution in [0.1, 0.15) is 6.42 Å². The Balaban J connectivity index is 1.60. The van der Waals surface area contributed by atoms with Gasteiger partial charge in [-0.25, -0.2) is 0 Å². The fourth-order valence-corrected chi connectivity index (χ4v) is 2.50. The van der Waals surface area contributed by atoms with Crippen LogP contribution in [0.15, 0.2) is 48.5 Å². The minimum atomic E-state index is -0.507. The van der Waals surface area contributed by atoms with E-state index < -0.39 is 4.92 Å². The van der Waals surface area contributed by atoms with Gasteiger partial charge in [-0.15, -0.1) is 0 Å². The number of nitro groups is 1. The highest BCUT2D eigenvalue weighted by molar-refractivity contribution is 5.99. The van der Waals surface area contributed by atoms with Crippen LogP contribution in [-0.2, 0) is 9.59 Å². The smallest absolute Gasteiger partial charge is 0.269 e. The molecular weight excluding hydrogens is 326 g/mol. The van der Waals surface area contributed by atoms with E-state index in [4.69, 9.17) is 4.74 Å². The predicted octanol–water partition coefficient (Wildman–Crippen LogP) is 2.35. The van der Waals surface area contributed by atoms with Crippen molar-refractivity contribution in [2.24, 2.45) is 0 Å². The molecule has 0 fully saturated rings. The van der Waals surface area contributed by atoms with Crippen molar-refractivity contribution < 1.29 is 19.2 Å². The fourth-order valence-electron chi connectivity index (χ4n) is 2.50. The molecule has 0 unspecified atom stereocenters. The second-order valence-electron chi connectivity index (χ2n) is 5.40. The third kappa shape index (κ3) is 3.74. The number of nitrogens with zero attached hydrogens (tertiary/aromatic N) is 2. The molecule has 1 N–H and O–H groups in total. The van der Waals surface area contributed by atoms with Crippen molar-refractivity contribution in [3.63, 3.8) is 0 Å². The molecule has 1 aliphatic heterocycles. The predicted molar refractivity (Wildman–Crippen MR) is 90.6 cm³/mol. The van der Waals surface area contributed by atoms with Crippen molar-refractivity contribution >= 4 is 28.9 Å². The molecule has 3 rings (SSSR count). The molecule has 8 nitrogen and oxygen atoms in total. The minimum absolute atomic E-state index is 0.0477. The molecule has 8 heteroatoms.